The molecule has 0 aromatic heterocycles. The van der Waals surface area contributed by atoms with E-state index in [1.807, 2.05) is 18.2 Å². The first-order valence-corrected chi connectivity index (χ1v) is 9.84. The van der Waals surface area contributed by atoms with Gasteiger partial charge in [-0.1, -0.05) is 23.8 Å². The zero-order valence-electron chi connectivity index (χ0n) is 16.2. The molecule has 0 bridgehead atoms. The number of nitrogens with one attached hydrogen (secondary N) is 1. The van der Waals surface area contributed by atoms with Gasteiger partial charge in [0.25, 0.3) is 0 Å². The number of benzene rings is 1. The summed E-state index contributed by atoms with van der Waals surface area (Å²) in [6.45, 7) is 2.80. The molecule has 156 valence electrons. The van der Waals surface area contributed by atoms with Crippen LogP contribution in [-0.4, -0.2) is 31.2 Å². The van der Waals surface area contributed by atoms with Crippen LogP contribution in [0.1, 0.15) is 38.2 Å². The molecular formula is C22H24F3NO3. The number of hydrogen-bond donors (Lipinski definition) is 1. The number of halogens is 3. The molecule has 1 atom stereocenters. The van der Waals surface area contributed by atoms with E-state index in [-0.39, 0.29) is 5.79 Å². The van der Waals surface area contributed by atoms with Gasteiger partial charge in [0.15, 0.2) is 11.7 Å². The first-order chi connectivity index (χ1) is 13.8. The lowest BCUT2D eigenvalue weighted by molar-refractivity contribution is -0.171. The van der Waals surface area contributed by atoms with Crippen molar-refractivity contribution in [3.8, 4) is 5.75 Å². The van der Waals surface area contributed by atoms with Crippen molar-refractivity contribution in [2.45, 2.75) is 50.6 Å². The Morgan fingerprint density at radius 3 is 2.52 bits per heavy atom. The summed E-state index contributed by atoms with van der Waals surface area (Å²) in [7, 11) is 0. The van der Waals surface area contributed by atoms with E-state index < -0.39 is 17.8 Å². The molecule has 3 aliphatic rings. The van der Waals surface area contributed by atoms with Crippen molar-refractivity contribution in [2.24, 2.45) is 0 Å². The molecular weight excluding hydrogens is 383 g/mol. The highest BCUT2D eigenvalue weighted by Crippen LogP contribution is 2.38. The van der Waals surface area contributed by atoms with Crippen LogP contribution in [0.5, 0.6) is 5.75 Å². The molecule has 1 spiro atoms. The Labute approximate surface area is 168 Å². The Morgan fingerprint density at radius 1 is 1.14 bits per heavy atom. The summed E-state index contributed by atoms with van der Waals surface area (Å²) in [5.74, 6) is 0.482. The van der Waals surface area contributed by atoms with E-state index in [1.165, 1.54) is 18.6 Å². The third-order valence-electron chi connectivity index (χ3n) is 5.49. The summed E-state index contributed by atoms with van der Waals surface area (Å²) >= 11 is 0. The van der Waals surface area contributed by atoms with E-state index in [0.29, 0.717) is 24.8 Å². The summed E-state index contributed by atoms with van der Waals surface area (Å²) in [6.07, 6.45) is 3.72. The molecule has 29 heavy (non-hydrogen) atoms. The van der Waals surface area contributed by atoms with Gasteiger partial charge in [0.2, 0.25) is 0 Å². The molecule has 7 heteroatoms. The van der Waals surface area contributed by atoms with Crippen molar-refractivity contribution in [3.05, 3.63) is 59.0 Å². The van der Waals surface area contributed by atoms with Gasteiger partial charge in [-0.2, -0.15) is 13.2 Å². The maximum atomic E-state index is 12.9. The molecule has 2 heterocycles. The summed E-state index contributed by atoms with van der Waals surface area (Å²) in [5, 5.41) is 2.76. The fraction of sp³-hybridized carbons (Fsp3) is 0.455. The molecule has 1 saturated carbocycles. The molecule has 2 aliphatic heterocycles. The molecule has 0 radical (unpaired) electrons. The Morgan fingerprint density at radius 2 is 1.86 bits per heavy atom. The molecule has 1 saturated heterocycles. The smallest absolute Gasteiger partial charge is 0.414 e. The topological polar surface area (TPSA) is 39.7 Å². The maximum absolute atomic E-state index is 12.9. The normalized spacial score (nSPS) is 24.0. The van der Waals surface area contributed by atoms with Gasteiger partial charge in [0.05, 0.1) is 24.8 Å². The molecule has 1 unspecified atom stereocenters. The molecule has 1 N–H and O–H groups in total. The van der Waals surface area contributed by atoms with E-state index >= 15 is 0 Å². The van der Waals surface area contributed by atoms with Crippen molar-refractivity contribution in [2.75, 3.05) is 13.2 Å². The van der Waals surface area contributed by atoms with Crippen molar-refractivity contribution in [1.82, 2.24) is 5.32 Å². The van der Waals surface area contributed by atoms with Gasteiger partial charge in [-0.15, -0.1) is 0 Å². The Kier molecular flexibility index (Phi) is 5.44. The highest BCUT2D eigenvalue weighted by Gasteiger charge is 2.39. The van der Waals surface area contributed by atoms with Gasteiger partial charge in [0, 0.05) is 12.8 Å². The van der Waals surface area contributed by atoms with E-state index in [9.17, 15) is 13.2 Å². The first kappa shape index (κ1) is 20.0. The van der Waals surface area contributed by atoms with E-state index in [4.69, 9.17) is 14.2 Å². The number of rotatable bonds is 3. The Balaban J connectivity index is 1.42. The molecule has 1 aromatic rings. The molecule has 4 rings (SSSR count). The van der Waals surface area contributed by atoms with Gasteiger partial charge >= 0.3 is 6.18 Å². The minimum absolute atomic E-state index is 0.297. The third-order valence-corrected chi connectivity index (χ3v) is 5.49. The average Bonchev–Trinajstić information content (AvgIpc) is 3.11. The minimum atomic E-state index is -4.35. The number of allylic oxidation sites excluding steroid dienone is 3. The second-order valence-electron chi connectivity index (χ2n) is 7.60. The maximum Gasteiger partial charge on any atom is 0.414 e. The summed E-state index contributed by atoms with van der Waals surface area (Å²) in [6, 6.07) is 6.67. The zero-order chi connectivity index (χ0) is 20.5. The van der Waals surface area contributed by atoms with E-state index in [0.717, 1.165) is 37.3 Å². The molecule has 1 aliphatic carbocycles. The summed E-state index contributed by atoms with van der Waals surface area (Å²) in [5.41, 5.74) is 1.71. The van der Waals surface area contributed by atoms with Crippen molar-refractivity contribution in [1.29, 1.82) is 0 Å². The van der Waals surface area contributed by atoms with Crippen LogP contribution in [0.2, 0.25) is 0 Å². The third kappa shape index (κ3) is 4.67. The van der Waals surface area contributed by atoms with E-state index in [1.54, 1.807) is 6.07 Å². The zero-order valence-corrected chi connectivity index (χ0v) is 16.2. The fourth-order valence-corrected chi connectivity index (χ4v) is 3.97. The van der Waals surface area contributed by atoms with Crippen molar-refractivity contribution in [3.63, 3.8) is 0 Å². The van der Waals surface area contributed by atoms with Gasteiger partial charge in [-0.05, 0) is 49.6 Å². The molecule has 1 aromatic carbocycles. The van der Waals surface area contributed by atoms with Crippen LogP contribution >= 0.6 is 0 Å². The quantitative estimate of drug-likeness (QED) is 0.758. The van der Waals surface area contributed by atoms with Crippen LogP contribution in [0, 0.1) is 0 Å². The highest BCUT2D eigenvalue weighted by molar-refractivity contribution is 5.55. The fourth-order valence-electron chi connectivity index (χ4n) is 3.97. The van der Waals surface area contributed by atoms with Crippen molar-refractivity contribution >= 4 is 6.08 Å². The molecule has 0 amide bonds. The van der Waals surface area contributed by atoms with Crippen LogP contribution in [0.15, 0.2) is 53.4 Å². The number of alkyl halides is 3. The lowest BCUT2D eigenvalue weighted by Gasteiger charge is -2.32. The number of dihydropyridines is 1. The summed E-state index contributed by atoms with van der Waals surface area (Å²) in [4.78, 5) is 0. The van der Waals surface area contributed by atoms with Crippen LogP contribution in [-0.2, 0) is 9.47 Å². The molecule has 2 fully saturated rings. The Bertz CT molecular complexity index is 839. The predicted octanol–water partition coefficient (Wildman–Crippen LogP) is 5.09. The van der Waals surface area contributed by atoms with Crippen molar-refractivity contribution < 1.29 is 27.4 Å². The van der Waals surface area contributed by atoms with Gasteiger partial charge in [-0.3, -0.25) is 0 Å². The lowest BCUT2D eigenvalue weighted by atomic mass is 9.88. The average molecular weight is 407 g/mol. The van der Waals surface area contributed by atoms with Crippen LogP contribution in [0.4, 0.5) is 13.2 Å². The monoisotopic (exact) mass is 407 g/mol. The van der Waals surface area contributed by atoms with Crippen LogP contribution in [0.3, 0.4) is 0 Å². The SMILES string of the molecule is CC1NC(Oc2cccc(C=C3CCC4(CC3)OCCO4)c2)=CC=C1C(F)(F)F. The van der Waals surface area contributed by atoms with Gasteiger partial charge in [-0.25, -0.2) is 0 Å². The van der Waals surface area contributed by atoms with Crippen LogP contribution in [0.25, 0.3) is 6.08 Å². The number of hydrogen-bond acceptors (Lipinski definition) is 4. The second kappa shape index (κ2) is 7.88. The minimum Gasteiger partial charge on any atom is -0.441 e. The highest BCUT2D eigenvalue weighted by atomic mass is 19.4. The van der Waals surface area contributed by atoms with E-state index in [2.05, 4.69) is 11.4 Å². The van der Waals surface area contributed by atoms with Crippen LogP contribution < -0.4 is 10.1 Å². The summed E-state index contributed by atoms with van der Waals surface area (Å²) < 4.78 is 56.0. The van der Waals surface area contributed by atoms with Gasteiger partial charge in [0.1, 0.15) is 5.75 Å². The standard InChI is InChI=1S/C22H24F3NO3/c1-15-19(22(23,24)25)5-6-20(26-15)29-18-4-2-3-17(14-18)13-16-7-9-21(10-8-16)27-11-12-28-21/h2-6,13-15,26H,7-12H2,1H3. The predicted molar refractivity (Wildman–Crippen MR) is 103 cm³/mol. The number of ether oxygens (including phenoxy) is 3. The first-order valence-electron chi connectivity index (χ1n) is 9.84. The lowest BCUT2D eigenvalue weighted by Crippen LogP contribution is -2.37. The molecule has 4 nitrogen and oxygen atoms in total. The Hall–Kier alpha value is -2.25. The largest absolute Gasteiger partial charge is 0.441 e. The van der Waals surface area contributed by atoms with Gasteiger partial charge < -0.3 is 19.5 Å². The second-order valence-corrected chi connectivity index (χ2v) is 7.60.